The lowest BCUT2D eigenvalue weighted by atomic mass is 9.69. The molecule has 0 saturated heterocycles. The molecule has 4 fully saturated rings. The lowest BCUT2D eigenvalue weighted by Gasteiger charge is -2.47. The van der Waals surface area contributed by atoms with Crippen LogP contribution in [0.5, 0.6) is 0 Å². The van der Waals surface area contributed by atoms with Gasteiger partial charge in [-0.1, -0.05) is 6.08 Å². The highest BCUT2D eigenvalue weighted by Crippen LogP contribution is 3.03. The molecule has 0 N–H and O–H groups in total. The summed E-state index contributed by atoms with van der Waals surface area (Å²) in [4.78, 5) is 25.2. The van der Waals surface area contributed by atoms with Crippen molar-refractivity contribution in [2.75, 3.05) is 7.11 Å². The van der Waals surface area contributed by atoms with E-state index in [2.05, 4.69) is 18.2 Å². The van der Waals surface area contributed by atoms with Crippen LogP contribution in [0.15, 0.2) is 33.6 Å². The summed E-state index contributed by atoms with van der Waals surface area (Å²) < 4.78 is 10.3. The van der Waals surface area contributed by atoms with Crippen LogP contribution in [0.4, 0.5) is 0 Å². The average molecular weight is 297 g/mol. The summed E-state index contributed by atoms with van der Waals surface area (Å²) in [5, 5.41) is 0. The quantitative estimate of drug-likeness (QED) is 0.735. The van der Waals surface area contributed by atoms with Gasteiger partial charge in [-0.05, 0) is 35.8 Å². The molecule has 1 aromatic rings. The number of allylic oxidation sites excluding steroid dienone is 3. The first-order valence-corrected chi connectivity index (χ1v) is 7.97. The molecule has 6 nitrogen and oxygen atoms in total. The molecule has 6 heteroatoms. The second-order valence-corrected chi connectivity index (χ2v) is 7.86. The molecule has 2 bridgehead atoms. The lowest BCUT2D eigenvalue weighted by Crippen LogP contribution is -2.52. The van der Waals surface area contributed by atoms with Gasteiger partial charge in [0.15, 0.2) is 0 Å². The molecule has 112 valence electrons. The number of methoxy groups -OCH3 is 1. The molecule has 7 aliphatic rings. The Labute approximate surface area is 125 Å². The molecule has 0 radical (unpaired) electrons. The van der Waals surface area contributed by atoms with Gasteiger partial charge in [0.1, 0.15) is 5.76 Å². The zero-order valence-electron chi connectivity index (χ0n) is 12.3. The van der Waals surface area contributed by atoms with Crippen molar-refractivity contribution in [3.63, 3.8) is 0 Å². The molecule has 8 rings (SSSR count). The van der Waals surface area contributed by atoms with Gasteiger partial charge in [0.05, 0.1) is 19.2 Å². The maximum atomic E-state index is 12.6. The van der Waals surface area contributed by atoms with Crippen LogP contribution >= 0.6 is 0 Å². The average Bonchev–Trinajstić information content (AvgIpc) is 3.31. The Morgan fingerprint density at radius 2 is 1.68 bits per heavy atom. The van der Waals surface area contributed by atoms with Gasteiger partial charge in [-0.15, -0.1) is 0 Å². The Bertz CT molecular complexity index is 993. The van der Waals surface area contributed by atoms with Crippen molar-refractivity contribution in [1.29, 1.82) is 0 Å². The second-order valence-electron chi connectivity index (χ2n) is 7.86. The molecule has 2 spiro atoms. The fourth-order valence-electron chi connectivity index (χ4n) is 7.51. The van der Waals surface area contributed by atoms with Gasteiger partial charge in [0.2, 0.25) is 0 Å². The molecule has 1 aromatic heterocycles. The third-order valence-corrected chi connectivity index (χ3v) is 7.85. The molecule has 0 unspecified atom stereocenters. The first-order chi connectivity index (χ1) is 10.6. The highest BCUT2D eigenvalue weighted by Gasteiger charge is 3.02. The van der Waals surface area contributed by atoms with E-state index in [1.165, 1.54) is 4.57 Å². The van der Waals surface area contributed by atoms with Crippen LogP contribution in [0.3, 0.4) is 0 Å². The molecule has 8 atom stereocenters. The third kappa shape index (κ3) is 0.616. The number of rotatable bonds is 1. The normalized spacial score (nSPS) is 55.6. The monoisotopic (exact) mass is 297 g/mol. The predicted octanol–water partition coefficient (Wildman–Crippen LogP) is 0.0364. The van der Waals surface area contributed by atoms with Crippen LogP contribution in [0.25, 0.3) is 0 Å². The molecule has 5 aliphatic carbocycles. The molecule has 2 aliphatic heterocycles. The SMILES string of the molecule is COC1=C[C@@]23[C@H]4[C@H]5[C@H]6[C@H]5[C@H]2n2c(=O)n(C)c(=O)n2[C@@H]6[C@@]43C=C1. The van der Waals surface area contributed by atoms with E-state index in [1.807, 2.05) is 0 Å². The molecule has 3 heterocycles. The van der Waals surface area contributed by atoms with E-state index in [4.69, 9.17) is 4.74 Å². The molecule has 22 heavy (non-hydrogen) atoms. The Kier molecular flexibility index (Phi) is 1.20. The summed E-state index contributed by atoms with van der Waals surface area (Å²) in [7, 11) is 3.29. The summed E-state index contributed by atoms with van der Waals surface area (Å²) in [6.07, 6.45) is 6.63. The van der Waals surface area contributed by atoms with Crippen molar-refractivity contribution in [3.8, 4) is 0 Å². The van der Waals surface area contributed by atoms with E-state index in [0.717, 1.165) is 5.76 Å². The van der Waals surface area contributed by atoms with Crippen molar-refractivity contribution >= 4 is 0 Å². The second kappa shape index (κ2) is 2.47. The van der Waals surface area contributed by atoms with E-state index in [9.17, 15) is 9.59 Å². The van der Waals surface area contributed by atoms with Gasteiger partial charge in [-0.3, -0.25) is 0 Å². The predicted molar refractivity (Wildman–Crippen MR) is 75.1 cm³/mol. The third-order valence-electron chi connectivity index (χ3n) is 7.85. The Hall–Kier alpha value is -1.98. The van der Waals surface area contributed by atoms with Crippen molar-refractivity contribution < 1.29 is 4.74 Å². The summed E-state index contributed by atoms with van der Waals surface area (Å²) >= 11 is 0. The first-order valence-electron chi connectivity index (χ1n) is 7.97. The van der Waals surface area contributed by atoms with Crippen molar-refractivity contribution in [2.24, 2.45) is 41.5 Å². The molecular formula is C16H15N3O3. The summed E-state index contributed by atoms with van der Waals surface area (Å²) in [6, 6.07) is 0.318. The van der Waals surface area contributed by atoms with Gasteiger partial charge >= 0.3 is 11.4 Å². The van der Waals surface area contributed by atoms with E-state index < -0.39 is 0 Å². The minimum atomic E-state index is -0.151. The maximum absolute atomic E-state index is 12.6. The smallest absolute Gasteiger partial charge is 0.347 e. The molecule has 4 saturated carbocycles. The molecule has 0 amide bonds. The zero-order valence-corrected chi connectivity index (χ0v) is 12.3. The van der Waals surface area contributed by atoms with Gasteiger partial charge in [0.25, 0.3) is 0 Å². The standard InChI is InChI=1S/C16H15N3O3/c1-17-13(20)18-11-8-7-9(8)12(19(18)14(17)21)16-5-6(22-2)3-4-15(11,16)10(7)16/h3-5,7-12H,1-2H3/t7-,8-,9-,10-,11-,12+,15+,16+/m0/s1. The van der Waals surface area contributed by atoms with E-state index in [0.29, 0.717) is 23.7 Å². The van der Waals surface area contributed by atoms with Crippen LogP contribution in [-0.2, 0) is 11.8 Å². The highest BCUT2D eigenvalue weighted by molar-refractivity contribution is 5.58. The minimum absolute atomic E-state index is 0.0272. The van der Waals surface area contributed by atoms with Gasteiger partial charge in [-0.2, -0.15) is 0 Å². The van der Waals surface area contributed by atoms with Crippen molar-refractivity contribution in [2.45, 2.75) is 12.1 Å². The van der Waals surface area contributed by atoms with Crippen LogP contribution in [-0.4, -0.2) is 21.0 Å². The number of nitrogens with zero attached hydrogens (tertiary/aromatic N) is 3. The zero-order chi connectivity index (χ0) is 14.8. The largest absolute Gasteiger partial charge is 0.497 e. The topological polar surface area (TPSA) is 58.2 Å². The Morgan fingerprint density at radius 3 is 2.32 bits per heavy atom. The fraction of sp³-hybridized carbons (Fsp3) is 0.625. The lowest BCUT2D eigenvalue weighted by molar-refractivity contribution is 0.0417. The van der Waals surface area contributed by atoms with Crippen molar-refractivity contribution in [1.82, 2.24) is 13.9 Å². The fourth-order valence-corrected chi connectivity index (χ4v) is 7.51. The summed E-state index contributed by atoms with van der Waals surface area (Å²) in [5.41, 5.74) is -0.197. The number of hydrogen-bond acceptors (Lipinski definition) is 3. The van der Waals surface area contributed by atoms with E-state index in [-0.39, 0.29) is 34.3 Å². The number of hydrogen-bond donors (Lipinski definition) is 0. The van der Waals surface area contributed by atoms with Gasteiger partial charge in [-0.25, -0.2) is 23.5 Å². The van der Waals surface area contributed by atoms with Crippen LogP contribution < -0.4 is 11.4 Å². The number of aromatic nitrogens is 3. The Morgan fingerprint density at radius 1 is 1.05 bits per heavy atom. The van der Waals surface area contributed by atoms with E-state index >= 15 is 0 Å². The number of ether oxygens (including phenoxy) is 1. The highest BCUT2D eigenvalue weighted by atomic mass is 16.5. The van der Waals surface area contributed by atoms with Crippen molar-refractivity contribution in [3.05, 3.63) is 45.0 Å². The molecular weight excluding hydrogens is 282 g/mol. The van der Waals surface area contributed by atoms with E-state index in [1.54, 1.807) is 23.5 Å². The first kappa shape index (κ1) is 10.7. The van der Waals surface area contributed by atoms with Crippen LogP contribution in [0.2, 0.25) is 0 Å². The van der Waals surface area contributed by atoms with Crippen LogP contribution in [0, 0.1) is 34.5 Å². The molecule has 0 aromatic carbocycles. The minimum Gasteiger partial charge on any atom is -0.497 e. The van der Waals surface area contributed by atoms with Gasteiger partial charge < -0.3 is 4.74 Å². The Balaban J connectivity index is 1.64. The summed E-state index contributed by atoms with van der Waals surface area (Å²) in [6.45, 7) is 0. The summed E-state index contributed by atoms with van der Waals surface area (Å²) in [5.74, 6) is 3.41. The van der Waals surface area contributed by atoms with Gasteiger partial charge in [0, 0.05) is 17.9 Å². The van der Waals surface area contributed by atoms with Crippen LogP contribution in [0.1, 0.15) is 12.1 Å². The maximum Gasteiger partial charge on any atom is 0.347 e.